The van der Waals surface area contributed by atoms with Gasteiger partial charge >= 0.3 is 0 Å². The Hall–Kier alpha value is -1.39. The number of piperazine rings is 3. The third-order valence-corrected chi connectivity index (χ3v) is 5.75. The number of carbonyl (C=O) groups excluding carboxylic acids is 1. The van der Waals surface area contributed by atoms with Gasteiger partial charge in [0.15, 0.2) is 6.54 Å². The van der Waals surface area contributed by atoms with Crippen molar-refractivity contribution in [2.75, 3.05) is 51.1 Å². The molecule has 4 nitrogen and oxygen atoms in total. The van der Waals surface area contributed by atoms with Crippen molar-refractivity contribution in [3.8, 4) is 0 Å². The molecule has 3 fully saturated rings. The van der Waals surface area contributed by atoms with Crippen molar-refractivity contribution in [1.29, 1.82) is 0 Å². The number of para-hydroxylation sites is 1. The summed E-state index contributed by atoms with van der Waals surface area (Å²) in [5.74, 6) is 1.09. The largest absolute Gasteiger partial charge is 0.321 e. The van der Waals surface area contributed by atoms with Crippen LogP contribution in [-0.2, 0) is 4.79 Å². The Kier molecular flexibility index (Phi) is 7.25. The topological polar surface area (TPSA) is 33.5 Å². The van der Waals surface area contributed by atoms with Crippen LogP contribution in [-0.4, -0.2) is 56.2 Å². The summed E-state index contributed by atoms with van der Waals surface area (Å²) in [6.45, 7) is 14.6. The summed E-state index contributed by atoms with van der Waals surface area (Å²) in [7, 11) is 0. The molecule has 3 aliphatic rings. The highest BCUT2D eigenvalue weighted by Crippen LogP contribution is 2.12. The molecule has 3 saturated heterocycles. The molecule has 0 unspecified atom stereocenters. The number of amides is 1. The molecule has 2 N–H and O–H groups in total. The molecule has 3 heterocycles. The Morgan fingerprint density at radius 2 is 1.62 bits per heavy atom. The van der Waals surface area contributed by atoms with Crippen molar-refractivity contribution in [3.63, 3.8) is 0 Å². The molecule has 0 spiro atoms. The number of hydrogen-bond donors (Lipinski definition) is 2. The second-order valence-electron chi connectivity index (χ2n) is 7.51. The first kappa shape index (κ1) is 18.9. The molecule has 3 aliphatic heterocycles. The number of rotatable bonds is 5. The zero-order valence-corrected chi connectivity index (χ0v) is 15.7. The Balaban J connectivity index is 0.000000301. The van der Waals surface area contributed by atoms with Gasteiger partial charge in [-0.25, -0.2) is 0 Å². The maximum atomic E-state index is 12.1. The fourth-order valence-electron chi connectivity index (χ4n) is 3.45. The van der Waals surface area contributed by atoms with Gasteiger partial charge in [0, 0.05) is 5.69 Å². The molecule has 0 aliphatic carbocycles. The van der Waals surface area contributed by atoms with Crippen molar-refractivity contribution >= 4 is 11.6 Å². The van der Waals surface area contributed by atoms with E-state index in [4.69, 9.17) is 0 Å². The predicted molar refractivity (Wildman–Crippen MR) is 100 cm³/mol. The summed E-state index contributed by atoms with van der Waals surface area (Å²) >= 11 is 0. The van der Waals surface area contributed by atoms with Crippen LogP contribution in [0, 0.1) is 5.92 Å². The van der Waals surface area contributed by atoms with Crippen LogP contribution in [0.5, 0.6) is 0 Å². The van der Waals surface area contributed by atoms with E-state index >= 15 is 0 Å². The Morgan fingerprint density at radius 3 is 2.08 bits per heavy atom. The first-order chi connectivity index (χ1) is 11.6. The van der Waals surface area contributed by atoms with Crippen molar-refractivity contribution in [2.24, 2.45) is 5.92 Å². The Bertz CT molecular complexity index is 477. The van der Waals surface area contributed by atoms with Crippen LogP contribution < -0.4 is 10.2 Å². The van der Waals surface area contributed by atoms with Crippen molar-refractivity contribution in [3.05, 3.63) is 30.3 Å². The molecule has 1 aromatic carbocycles. The minimum atomic E-state index is 0.159. The average molecular weight is 334 g/mol. The van der Waals surface area contributed by atoms with Gasteiger partial charge in [-0.3, -0.25) is 4.79 Å². The molecule has 0 atom stereocenters. The van der Waals surface area contributed by atoms with E-state index in [1.54, 1.807) is 4.90 Å². The third-order valence-electron chi connectivity index (χ3n) is 5.75. The van der Waals surface area contributed by atoms with E-state index in [0.717, 1.165) is 35.7 Å². The smallest absolute Gasteiger partial charge is 0.279 e. The van der Waals surface area contributed by atoms with Gasteiger partial charge in [0.1, 0.15) is 39.3 Å². The monoisotopic (exact) mass is 333 g/mol. The third kappa shape index (κ3) is 5.60. The minimum Gasteiger partial charge on any atom is -0.321 e. The van der Waals surface area contributed by atoms with Crippen LogP contribution in [0.15, 0.2) is 30.3 Å². The van der Waals surface area contributed by atoms with E-state index in [2.05, 4.69) is 26.1 Å². The molecule has 24 heavy (non-hydrogen) atoms. The second-order valence-corrected chi connectivity index (χ2v) is 7.51. The highest BCUT2D eigenvalue weighted by atomic mass is 16.2. The quantitative estimate of drug-likeness (QED) is 0.792. The number of fused-ring (bicyclic) bond motifs is 3. The van der Waals surface area contributed by atoms with Crippen molar-refractivity contribution in [2.45, 2.75) is 33.6 Å². The molecule has 0 aromatic heterocycles. The average Bonchev–Trinajstić information content (AvgIpc) is 2.63. The maximum absolute atomic E-state index is 12.1. The second kappa shape index (κ2) is 9.19. The molecule has 4 rings (SSSR count). The van der Waals surface area contributed by atoms with E-state index in [0.29, 0.717) is 6.54 Å². The van der Waals surface area contributed by atoms with Crippen LogP contribution in [0.3, 0.4) is 0 Å². The first-order valence-corrected chi connectivity index (χ1v) is 9.60. The highest BCUT2D eigenvalue weighted by Gasteiger charge is 2.42. The summed E-state index contributed by atoms with van der Waals surface area (Å²) in [5.41, 5.74) is 0.905. The van der Waals surface area contributed by atoms with Crippen LogP contribution in [0.1, 0.15) is 33.6 Å². The molecule has 134 valence electrons. The number of hydrogen-bond acceptors (Lipinski definition) is 1. The molecule has 1 amide bonds. The summed E-state index contributed by atoms with van der Waals surface area (Å²) < 4.78 is 1.00. The summed E-state index contributed by atoms with van der Waals surface area (Å²) in [4.78, 5) is 13.8. The van der Waals surface area contributed by atoms with Gasteiger partial charge < -0.3 is 14.7 Å². The number of anilines is 1. The fourth-order valence-corrected chi connectivity index (χ4v) is 3.45. The number of nitrogens with one attached hydrogen (secondary N) is 2. The lowest BCUT2D eigenvalue weighted by atomic mass is 10.1. The molecule has 0 saturated carbocycles. The molecule has 0 radical (unpaired) electrons. The molecular formula is C20H35N3O+2. The van der Waals surface area contributed by atoms with Gasteiger partial charge in [0.05, 0.1) is 0 Å². The number of carbonyl (C=O) groups is 1. The Morgan fingerprint density at radius 1 is 1.08 bits per heavy atom. The van der Waals surface area contributed by atoms with E-state index in [9.17, 15) is 4.79 Å². The zero-order chi connectivity index (χ0) is 17.4. The minimum absolute atomic E-state index is 0.159. The lowest BCUT2D eigenvalue weighted by molar-refractivity contribution is -1.07. The number of quaternary nitrogens is 2. The van der Waals surface area contributed by atoms with Crippen molar-refractivity contribution < 1.29 is 14.2 Å². The maximum Gasteiger partial charge on any atom is 0.279 e. The van der Waals surface area contributed by atoms with E-state index in [-0.39, 0.29) is 5.91 Å². The first-order valence-electron chi connectivity index (χ1n) is 9.60. The van der Waals surface area contributed by atoms with Gasteiger partial charge in [-0.1, -0.05) is 51.8 Å². The van der Waals surface area contributed by atoms with Crippen LogP contribution in [0.2, 0.25) is 0 Å². The van der Waals surface area contributed by atoms with Crippen LogP contribution in [0.25, 0.3) is 0 Å². The molecule has 1 aromatic rings. The molecule has 2 bridgehead atoms. The number of nitrogens with zero attached hydrogens (tertiary/aromatic N) is 1. The number of benzene rings is 1. The molecule has 4 heteroatoms. The lowest BCUT2D eigenvalue weighted by Gasteiger charge is -2.47. The summed E-state index contributed by atoms with van der Waals surface area (Å²) in [6.07, 6.45) is 2.66. The highest BCUT2D eigenvalue weighted by molar-refractivity contribution is 5.91. The summed E-state index contributed by atoms with van der Waals surface area (Å²) in [5, 5.41) is 3.00. The SMILES string of the molecule is CCC(C)CC.O=C(C[N+]12CC[NH+](CC1)CC2)Nc1ccccc1. The van der Waals surface area contributed by atoms with Gasteiger partial charge in [0.2, 0.25) is 0 Å². The van der Waals surface area contributed by atoms with Gasteiger partial charge in [-0.2, -0.15) is 0 Å². The summed E-state index contributed by atoms with van der Waals surface area (Å²) in [6, 6.07) is 9.74. The van der Waals surface area contributed by atoms with E-state index in [1.807, 2.05) is 30.3 Å². The van der Waals surface area contributed by atoms with Gasteiger partial charge in [-0.05, 0) is 18.1 Å². The van der Waals surface area contributed by atoms with E-state index < -0.39 is 0 Å². The molecular weight excluding hydrogens is 298 g/mol. The zero-order valence-electron chi connectivity index (χ0n) is 15.7. The van der Waals surface area contributed by atoms with Gasteiger partial charge in [-0.15, -0.1) is 0 Å². The normalized spacial score (nSPS) is 25.1. The predicted octanol–water partition coefficient (Wildman–Crippen LogP) is 1.80. The fraction of sp³-hybridized carbons (Fsp3) is 0.650. The van der Waals surface area contributed by atoms with Crippen LogP contribution >= 0.6 is 0 Å². The standard InChI is InChI=1S/C14H19N3O.C6H14/c18-14(15-13-4-2-1-3-5-13)12-17-9-6-16(7-10-17)8-11-17;1-4-6(3)5-2/h1-5H,6-12H2;6H,4-5H2,1-3H3/p+2. The lowest BCUT2D eigenvalue weighted by Crippen LogP contribution is -3.19. The van der Waals surface area contributed by atoms with Crippen molar-refractivity contribution in [1.82, 2.24) is 0 Å². The Labute approximate surface area is 147 Å². The van der Waals surface area contributed by atoms with Gasteiger partial charge in [0.25, 0.3) is 5.91 Å². The van der Waals surface area contributed by atoms with Crippen LogP contribution in [0.4, 0.5) is 5.69 Å². The van der Waals surface area contributed by atoms with E-state index in [1.165, 1.54) is 32.5 Å².